The molecule has 0 fully saturated rings. The van der Waals surface area contributed by atoms with Crippen LogP contribution in [-0.2, 0) is 0 Å². The lowest BCUT2D eigenvalue weighted by Crippen LogP contribution is -2.15. The number of rotatable bonds is 2. The summed E-state index contributed by atoms with van der Waals surface area (Å²) in [6, 6.07) is 2.04. The van der Waals surface area contributed by atoms with Crippen molar-refractivity contribution < 1.29 is 13.6 Å². The number of anilines is 2. The Morgan fingerprint density at radius 1 is 1.41 bits per heavy atom. The molecule has 0 saturated heterocycles. The molecule has 1 aromatic carbocycles. The Labute approximate surface area is 98.4 Å². The highest BCUT2D eigenvalue weighted by molar-refractivity contribution is 7.03. The molecule has 17 heavy (non-hydrogen) atoms. The van der Waals surface area contributed by atoms with Gasteiger partial charge < -0.3 is 11.1 Å². The lowest BCUT2D eigenvalue weighted by Gasteiger charge is -2.08. The maximum atomic E-state index is 13.4. The van der Waals surface area contributed by atoms with Crippen LogP contribution in [0.15, 0.2) is 17.5 Å². The minimum absolute atomic E-state index is 0.0121. The molecule has 0 radical (unpaired) electrons. The third-order valence-electron chi connectivity index (χ3n) is 1.96. The highest BCUT2D eigenvalue weighted by atomic mass is 32.1. The van der Waals surface area contributed by atoms with Crippen LogP contribution in [0.2, 0.25) is 0 Å². The van der Waals surface area contributed by atoms with Gasteiger partial charge in [0.2, 0.25) is 0 Å². The van der Waals surface area contributed by atoms with Crippen LogP contribution in [0, 0.1) is 11.6 Å². The number of hydrogen-bond donors (Lipinski definition) is 2. The summed E-state index contributed by atoms with van der Waals surface area (Å²) < 4.78 is 29.8. The zero-order chi connectivity index (χ0) is 12.4. The number of nitrogens with one attached hydrogen (secondary N) is 1. The van der Waals surface area contributed by atoms with Crippen molar-refractivity contribution in [2.45, 2.75) is 0 Å². The van der Waals surface area contributed by atoms with E-state index >= 15 is 0 Å². The summed E-state index contributed by atoms with van der Waals surface area (Å²) in [4.78, 5) is 11.5. The van der Waals surface area contributed by atoms with Gasteiger partial charge in [-0.15, -0.1) is 5.10 Å². The normalized spacial score (nSPS) is 10.2. The van der Waals surface area contributed by atoms with Crippen molar-refractivity contribution in [3.05, 3.63) is 34.8 Å². The molecular weight excluding hydrogens is 250 g/mol. The van der Waals surface area contributed by atoms with Crippen LogP contribution in [0.4, 0.5) is 20.2 Å². The molecular formula is C9H6F2N4OS. The number of aromatic nitrogens is 2. The van der Waals surface area contributed by atoms with Gasteiger partial charge in [0.1, 0.15) is 5.69 Å². The summed E-state index contributed by atoms with van der Waals surface area (Å²) in [5.74, 6) is -3.00. The molecule has 2 aromatic rings. The van der Waals surface area contributed by atoms with E-state index in [1.807, 2.05) is 0 Å². The second-order valence-corrected chi connectivity index (χ2v) is 3.68. The van der Waals surface area contributed by atoms with Crippen LogP contribution < -0.4 is 11.1 Å². The van der Waals surface area contributed by atoms with Gasteiger partial charge in [-0.25, -0.2) is 8.78 Å². The number of amides is 1. The Kier molecular flexibility index (Phi) is 2.96. The first-order valence-electron chi connectivity index (χ1n) is 4.41. The van der Waals surface area contributed by atoms with E-state index in [1.54, 1.807) is 0 Å². The first kappa shape index (κ1) is 11.4. The van der Waals surface area contributed by atoms with E-state index in [9.17, 15) is 13.6 Å². The Bertz CT molecular complexity index is 558. The summed E-state index contributed by atoms with van der Waals surface area (Å²) in [7, 11) is 0. The monoisotopic (exact) mass is 256 g/mol. The van der Waals surface area contributed by atoms with E-state index < -0.39 is 23.2 Å². The molecule has 5 nitrogen and oxygen atoms in total. The topological polar surface area (TPSA) is 80.9 Å². The van der Waals surface area contributed by atoms with E-state index in [2.05, 4.69) is 14.9 Å². The smallest absolute Gasteiger partial charge is 0.277 e. The molecule has 3 N–H and O–H groups in total. The van der Waals surface area contributed by atoms with Crippen LogP contribution in [0.5, 0.6) is 0 Å². The van der Waals surface area contributed by atoms with E-state index in [-0.39, 0.29) is 11.4 Å². The largest absolute Gasteiger partial charge is 0.397 e. The molecule has 0 unspecified atom stereocenters. The van der Waals surface area contributed by atoms with Crippen molar-refractivity contribution >= 4 is 28.8 Å². The third kappa shape index (κ3) is 2.21. The predicted molar refractivity (Wildman–Crippen MR) is 58.6 cm³/mol. The zero-order valence-corrected chi connectivity index (χ0v) is 9.09. The Hall–Kier alpha value is -2.09. The van der Waals surface area contributed by atoms with Crippen molar-refractivity contribution in [3.63, 3.8) is 0 Å². The van der Waals surface area contributed by atoms with Gasteiger partial charge in [0.05, 0.1) is 5.69 Å². The number of nitrogens with two attached hydrogens (primary N) is 1. The highest BCUT2D eigenvalue weighted by Crippen LogP contribution is 2.24. The van der Waals surface area contributed by atoms with Gasteiger partial charge in [-0.05, 0) is 23.7 Å². The van der Waals surface area contributed by atoms with E-state index in [0.29, 0.717) is 0 Å². The van der Waals surface area contributed by atoms with Crippen LogP contribution in [0.25, 0.3) is 0 Å². The quantitative estimate of drug-likeness (QED) is 0.800. The highest BCUT2D eigenvalue weighted by Gasteiger charge is 2.16. The second-order valence-electron chi connectivity index (χ2n) is 3.07. The van der Waals surface area contributed by atoms with Crippen molar-refractivity contribution in [3.8, 4) is 0 Å². The maximum Gasteiger partial charge on any atom is 0.277 e. The van der Waals surface area contributed by atoms with Crippen LogP contribution in [0.3, 0.4) is 0 Å². The summed E-state index contributed by atoms with van der Waals surface area (Å²) in [5, 5.41) is 7.02. The molecule has 0 aliphatic rings. The minimum atomic E-state index is -1.21. The molecule has 0 aliphatic heterocycles. The van der Waals surface area contributed by atoms with Crippen LogP contribution >= 0.6 is 11.5 Å². The van der Waals surface area contributed by atoms with E-state index in [0.717, 1.165) is 23.7 Å². The number of hydrogen-bond acceptors (Lipinski definition) is 5. The average Bonchev–Trinajstić information content (AvgIpc) is 2.83. The van der Waals surface area contributed by atoms with Gasteiger partial charge in [-0.1, -0.05) is 4.49 Å². The number of carbonyl (C=O) groups is 1. The van der Waals surface area contributed by atoms with Gasteiger partial charge in [0, 0.05) is 5.38 Å². The summed E-state index contributed by atoms with van der Waals surface area (Å²) in [6.07, 6.45) is 0. The molecule has 0 atom stereocenters. The lowest BCUT2D eigenvalue weighted by atomic mass is 10.2. The fourth-order valence-electron chi connectivity index (χ4n) is 1.13. The minimum Gasteiger partial charge on any atom is -0.397 e. The number of nitrogens with zero attached hydrogens (tertiary/aromatic N) is 2. The molecule has 0 saturated carbocycles. The molecule has 88 valence electrons. The number of halogens is 2. The fourth-order valence-corrected chi connectivity index (χ4v) is 1.57. The van der Waals surface area contributed by atoms with E-state index in [1.165, 1.54) is 5.38 Å². The first-order chi connectivity index (χ1) is 8.09. The van der Waals surface area contributed by atoms with Crippen LogP contribution in [0.1, 0.15) is 10.5 Å². The standard InChI is InChI=1S/C9H6F2N4OS/c10-4-1-2-5(12)8(7(4)11)13-9(16)6-3-17-15-14-6/h1-3H,12H2,(H,13,16). The lowest BCUT2D eigenvalue weighted by molar-refractivity contribution is 0.102. The molecule has 0 spiro atoms. The van der Waals surface area contributed by atoms with Gasteiger partial charge in [-0.3, -0.25) is 4.79 Å². The molecule has 0 aliphatic carbocycles. The Balaban J connectivity index is 2.31. The summed E-state index contributed by atoms with van der Waals surface area (Å²) in [5.41, 5.74) is 4.98. The number of nitrogen functional groups attached to an aromatic ring is 1. The van der Waals surface area contributed by atoms with Gasteiger partial charge in [0.25, 0.3) is 5.91 Å². The molecule has 0 bridgehead atoms. The van der Waals surface area contributed by atoms with Crippen molar-refractivity contribution in [2.24, 2.45) is 0 Å². The molecule has 2 rings (SSSR count). The van der Waals surface area contributed by atoms with Gasteiger partial charge >= 0.3 is 0 Å². The zero-order valence-electron chi connectivity index (χ0n) is 8.28. The summed E-state index contributed by atoms with van der Waals surface area (Å²) >= 11 is 0.969. The Morgan fingerprint density at radius 3 is 2.82 bits per heavy atom. The number of carbonyl (C=O) groups excluding carboxylic acids is 1. The second kappa shape index (κ2) is 4.42. The SMILES string of the molecule is Nc1ccc(F)c(F)c1NC(=O)c1csnn1. The first-order valence-corrected chi connectivity index (χ1v) is 5.25. The van der Waals surface area contributed by atoms with E-state index in [4.69, 9.17) is 5.73 Å². The predicted octanol–water partition coefficient (Wildman–Crippen LogP) is 1.65. The van der Waals surface area contributed by atoms with Crippen LogP contribution in [-0.4, -0.2) is 15.5 Å². The Morgan fingerprint density at radius 2 is 2.18 bits per heavy atom. The summed E-state index contributed by atoms with van der Waals surface area (Å²) in [6.45, 7) is 0. The maximum absolute atomic E-state index is 13.4. The molecule has 1 heterocycles. The van der Waals surface area contributed by atoms with Gasteiger partial charge in [0.15, 0.2) is 17.3 Å². The molecule has 1 aromatic heterocycles. The number of benzene rings is 1. The third-order valence-corrected chi connectivity index (χ3v) is 2.46. The van der Waals surface area contributed by atoms with Crippen molar-refractivity contribution in [1.82, 2.24) is 9.59 Å². The molecule has 1 amide bonds. The fraction of sp³-hybridized carbons (Fsp3) is 0. The molecule has 8 heteroatoms. The van der Waals surface area contributed by atoms with Gasteiger partial charge in [-0.2, -0.15) is 0 Å². The van der Waals surface area contributed by atoms with Crippen molar-refractivity contribution in [1.29, 1.82) is 0 Å². The van der Waals surface area contributed by atoms with Crippen molar-refractivity contribution in [2.75, 3.05) is 11.1 Å². The average molecular weight is 256 g/mol.